The fourth-order valence-electron chi connectivity index (χ4n) is 11.9. The minimum Gasteiger partial charge on any atom is -0.497 e. The molecular formula is C49H70N2O11S. The lowest BCUT2D eigenvalue weighted by Crippen LogP contribution is -2.59. The second kappa shape index (κ2) is 20.0. The summed E-state index contributed by atoms with van der Waals surface area (Å²) in [5, 5.41) is 0.890. The summed E-state index contributed by atoms with van der Waals surface area (Å²) >= 11 is 1.71. The van der Waals surface area contributed by atoms with Gasteiger partial charge in [-0.2, -0.15) is 0 Å². The quantitative estimate of drug-likeness (QED) is 0.204. The molecule has 4 unspecified atom stereocenters. The zero-order valence-electron chi connectivity index (χ0n) is 38.9. The molecule has 1 saturated carbocycles. The molecule has 4 fully saturated rings. The summed E-state index contributed by atoms with van der Waals surface area (Å²) < 4.78 is 56.3. The van der Waals surface area contributed by atoms with Crippen molar-refractivity contribution in [1.82, 2.24) is 9.88 Å². The lowest BCUT2D eigenvalue weighted by atomic mass is 9.67. The van der Waals surface area contributed by atoms with Gasteiger partial charge in [-0.25, -0.2) is 4.98 Å². The zero-order chi connectivity index (χ0) is 44.7. The average molecular weight is 895 g/mol. The first-order valence-electron chi connectivity index (χ1n) is 23.3. The largest absolute Gasteiger partial charge is 0.497 e. The number of thiazole rings is 1. The maximum absolute atomic E-state index is 15.3. The van der Waals surface area contributed by atoms with Crippen LogP contribution >= 0.6 is 11.3 Å². The fourth-order valence-corrected chi connectivity index (χ4v) is 13.3. The van der Waals surface area contributed by atoms with Gasteiger partial charge >= 0.3 is 5.97 Å². The van der Waals surface area contributed by atoms with Crippen LogP contribution in [-0.4, -0.2) is 132 Å². The van der Waals surface area contributed by atoms with E-state index in [1.54, 1.807) is 39.8 Å². The first-order valence-corrected chi connectivity index (χ1v) is 24.2. The monoisotopic (exact) mass is 894 g/mol. The summed E-state index contributed by atoms with van der Waals surface area (Å²) in [6.07, 6.45) is 5.14. The molecular weight excluding hydrogens is 825 g/mol. The highest BCUT2D eigenvalue weighted by molar-refractivity contribution is 7.15. The Morgan fingerprint density at radius 2 is 1.65 bits per heavy atom. The van der Waals surface area contributed by atoms with Crippen molar-refractivity contribution in [2.75, 3.05) is 42.5 Å². The Labute approximate surface area is 377 Å². The van der Waals surface area contributed by atoms with E-state index in [1.165, 1.54) is 4.88 Å². The van der Waals surface area contributed by atoms with Crippen LogP contribution in [0.4, 0.5) is 0 Å². The van der Waals surface area contributed by atoms with Crippen LogP contribution in [-0.2, 0) is 47.5 Å². The van der Waals surface area contributed by atoms with Crippen molar-refractivity contribution < 1.29 is 52.2 Å². The molecule has 3 aliphatic heterocycles. The highest BCUT2D eigenvalue weighted by atomic mass is 32.1. The van der Waals surface area contributed by atoms with Crippen molar-refractivity contribution in [3.8, 4) is 16.3 Å². The topological polar surface area (TPSA) is 133 Å². The summed E-state index contributed by atoms with van der Waals surface area (Å²) in [4.78, 5) is 38.2. The van der Waals surface area contributed by atoms with Gasteiger partial charge in [0.1, 0.15) is 35.2 Å². The predicted molar refractivity (Wildman–Crippen MR) is 238 cm³/mol. The third-order valence-electron chi connectivity index (χ3n) is 15.2. The van der Waals surface area contributed by atoms with E-state index in [9.17, 15) is 4.79 Å². The number of likely N-dealkylation sites (N-methyl/N-ethyl adjacent to an activating group) is 1. The van der Waals surface area contributed by atoms with Crippen LogP contribution < -0.4 is 4.74 Å². The number of hydrogen-bond donors (Lipinski definition) is 0. The van der Waals surface area contributed by atoms with Gasteiger partial charge in [0.05, 0.1) is 43.6 Å². The van der Waals surface area contributed by atoms with Gasteiger partial charge < -0.3 is 47.5 Å². The van der Waals surface area contributed by atoms with Gasteiger partial charge in [-0.3, -0.25) is 9.59 Å². The number of cyclic esters (lactones) is 1. The number of ether oxygens (including phenoxy) is 9. The average Bonchev–Trinajstić information content (AvgIpc) is 4.00. The van der Waals surface area contributed by atoms with Gasteiger partial charge in [0, 0.05) is 61.5 Å². The first kappa shape index (κ1) is 46.7. The molecule has 348 valence electrons. The van der Waals surface area contributed by atoms with Crippen LogP contribution in [0.3, 0.4) is 0 Å². The molecule has 6 aliphatic rings. The van der Waals surface area contributed by atoms with Gasteiger partial charge in [-0.1, -0.05) is 32.1 Å². The lowest BCUT2D eigenvalue weighted by Gasteiger charge is -2.44. The molecule has 17 atom stereocenters. The van der Waals surface area contributed by atoms with E-state index in [1.807, 2.05) is 32.0 Å². The number of rotatable bonds is 11. The van der Waals surface area contributed by atoms with Crippen molar-refractivity contribution >= 4 is 23.1 Å². The Morgan fingerprint density at radius 3 is 2.35 bits per heavy atom. The molecule has 63 heavy (non-hydrogen) atoms. The molecule has 3 saturated heterocycles. The fraction of sp³-hybridized carbons (Fsp3) is 0.735. The van der Waals surface area contributed by atoms with Crippen LogP contribution in [0.25, 0.3) is 10.6 Å². The number of Topliss-reactive ketones (excluding diaryl/α,β-unsaturated/α-hetero) is 1. The van der Waals surface area contributed by atoms with E-state index in [2.05, 4.69) is 45.0 Å². The van der Waals surface area contributed by atoms with E-state index in [4.69, 9.17) is 47.6 Å². The van der Waals surface area contributed by atoms with Gasteiger partial charge in [0.15, 0.2) is 18.4 Å². The Balaban J connectivity index is 1.15. The summed E-state index contributed by atoms with van der Waals surface area (Å²) in [7, 11) is 10.8. The van der Waals surface area contributed by atoms with Gasteiger partial charge in [-0.15, -0.1) is 11.3 Å². The van der Waals surface area contributed by atoms with E-state index in [0.29, 0.717) is 24.5 Å². The number of methoxy groups -OCH3 is 4. The molecule has 4 heterocycles. The Morgan fingerprint density at radius 1 is 0.873 bits per heavy atom. The maximum atomic E-state index is 15.3. The zero-order valence-corrected chi connectivity index (χ0v) is 39.7. The number of aromatic nitrogens is 1. The van der Waals surface area contributed by atoms with Crippen LogP contribution in [0.15, 0.2) is 35.9 Å². The number of nitrogens with zero attached hydrogens (tertiary/aromatic N) is 2. The van der Waals surface area contributed by atoms with Crippen molar-refractivity contribution in [2.45, 2.75) is 165 Å². The highest BCUT2D eigenvalue weighted by Crippen LogP contribution is 2.63. The van der Waals surface area contributed by atoms with Gasteiger partial charge in [0.25, 0.3) is 0 Å². The summed E-state index contributed by atoms with van der Waals surface area (Å²) in [5.41, 5.74) is 2.64. The van der Waals surface area contributed by atoms with Crippen LogP contribution in [0.5, 0.6) is 5.75 Å². The third-order valence-corrected chi connectivity index (χ3v) is 16.5. The van der Waals surface area contributed by atoms with E-state index in [0.717, 1.165) is 60.5 Å². The molecule has 2 aromatic rings. The molecule has 0 amide bonds. The highest BCUT2D eigenvalue weighted by Gasteiger charge is 2.57. The number of benzene rings is 1. The molecule has 3 aliphatic carbocycles. The molecule has 0 radical (unpaired) electrons. The van der Waals surface area contributed by atoms with Crippen molar-refractivity contribution in [3.63, 3.8) is 0 Å². The minimum atomic E-state index is -0.668. The number of hydrogen-bond acceptors (Lipinski definition) is 14. The molecule has 0 bridgehead atoms. The van der Waals surface area contributed by atoms with E-state index in [-0.39, 0.29) is 84.6 Å². The van der Waals surface area contributed by atoms with Crippen molar-refractivity contribution in [3.05, 3.63) is 46.5 Å². The molecule has 8 rings (SSSR count). The predicted octanol–water partition coefficient (Wildman–Crippen LogP) is 7.70. The lowest BCUT2D eigenvalue weighted by molar-refractivity contribution is -0.314. The standard InChI is InChI=1S/C49H70N2O11S/c1-11-29-15-13-17-38(62-40-19-18-37(51(5)6)26(3)58-40)25(2)43(53)35-23-33-32-21-31(61-49-46(57-10)45(56-9)44(55-8)27(4)59-49)22-36(32)47-42(41(33)34(35)24-39(52)60-29)50-48(63-47)28-14-12-16-30(20-28)54-7/h12,14,16,20,23,25-27,29,31-34,36-38,40-41,44-46,49H,11,13,15,17-19,21-22,24H2,1-10H3/t25-,26?,27?,29+,31+,32+,33+,34-,36-,37+,38+,40+,41-,44+,45?,46?,49+/m1/s1. The number of carbonyl (C=O) groups excluding carboxylic acids is 2. The normalized spacial score (nSPS) is 39.6. The van der Waals surface area contributed by atoms with Gasteiger partial charge in [0.2, 0.25) is 0 Å². The minimum absolute atomic E-state index is 0.00316. The van der Waals surface area contributed by atoms with Crippen LogP contribution in [0, 0.1) is 23.7 Å². The van der Waals surface area contributed by atoms with E-state index >= 15 is 4.79 Å². The number of carbonyl (C=O) groups is 2. The Hall–Kier alpha value is -2.79. The smallest absolute Gasteiger partial charge is 0.306 e. The summed E-state index contributed by atoms with van der Waals surface area (Å²) in [6.45, 7) is 8.16. The van der Waals surface area contributed by atoms with Crippen molar-refractivity contribution in [2.24, 2.45) is 23.7 Å². The molecule has 0 spiro atoms. The Bertz CT molecular complexity index is 1940. The number of allylic oxidation sites excluding steroid dienone is 2. The summed E-state index contributed by atoms with van der Waals surface area (Å²) in [5.74, 6) is -0.323. The van der Waals surface area contributed by atoms with Crippen molar-refractivity contribution in [1.29, 1.82) is 0 Å². The maximum Gasteiger partial charge on any atom is 0.306 e. The molecule has 1 aromatic carbocycles. The number of ketones is 1. The number of esters is 1. The first-order chi connectivity index (χ1) is 30.4. The van der Waals surface area contributed by atoms with Crippen LogP contribution in [0.2, 0.25) is 0 Å². The van der Waals surface area contributed by atoms with Crippen LogP contribution in [0.1, 0.15) is 108 Å². The number of fused-ring (bicyclic) bond motifs is 8. The molecule has 13 nitrogen and oxygen atoms in total. The summed E-state index contributed by atoms with van der Waals surface area (Å²) in [6, 6.07) is 8.31. The second-order valence-corrected chi connectivity index (χ2v) is 20.0. The molecule has 1 aromatic heterocycles. The Kier molecular flexibility index (Phi) is 14.8. The molecule has 0 N–H and O–H groups in total. The SMILES string of the molecule is CC[C@H]1CCC[C@H](O[C@H]2CC[C@H](N(C)C)C(C)O2)[C@@H](C)C(=O)C2=C[C@H]3[C@@H]4C[C@H](O[C@@H]5OC(C)[C@H](OC)C(OC)C5OC)C[C@H]4c4sc(-c5cccc(OC)c5)nc4[C@H]3[C@@H]2CC(=O)O1. The van der Waals surface area contributed by atoms with E-state index < -0.39 is 30.5 Å². The molecule has 14 heteroatoms. The third kappa shape index (κ3) is 9.32. The van der Waals surface area contributed by atoms with Gasteiger partial charge in [-0.05, 0) is 109 Å². The second-order valence-electron chi connectivity index (χ2n) is 19.0.